The van der Waals surface area contributed by atoms with Crippen LogP contribution in [0.2, 0.25) is 0 Å². The maximum atomic E-state index is 11.9. The number of carbonyl (C=O) groups is 2. The Balaban J connectivity index is 1.99. The Morgan fingerprint density at radius 2 is 1.95 bits per heavy atom. The number of rotatable bonds is 2. The van der Waals surface area contributed by atoms with Crippen LogP contribution in [0, 0.1) is 0 Å². The first-order chi connectivity index (χ1) is 9.85. The summed E-state index contributed by atoms with van der Waals surface area (Å²) in [4.78, 5) is 23.7. The van der Waals surface area contributed by atoms with E-state index in [-0.39, 0.29) is 11.8 Å². The summed E-state index contributed by atoms with van der Waals surface area (Å²) in [6, 6.07) is 9.42. The number of benzene rings is 1. The second-order valence-electron chi connectivity index (χ2n) is 6.29. The second kappa shape index (κ2) is 6.16. The summed E-state index contributed by atoms with van der Waals surface area (Å²) in [5.74, 6) is 0.0388. The molecule has 1 heterocycles. The zero-order valence-corrected chi connectivity index (χ0v) is 12.7. The molecule has 1 fully saturated rings. The summed E-state index contributed by atoms with van der Waals surface area (Å²) >= 11 is 0. The molecule has 2 amide bonds. The zero-order chi connectivity index (χ0) is 15.5. The topological polar surface area (TPSA) is 67.4 Å². The number of piperidine rings is 1. The normalized spacial score (nSPS) is 22.3. The number of hydrogen-bond acceptors (Lipinski definition) is 3. The number of hydrogen-bond donors (Lipinski definition) is 2. The average Bonchev–Trinajstić information content (AvgIpc) is 2.40. The third-order valence-corrected chi connectivity index (χ3v) is 3.32. The lowest BCUT2D eigenvalue weighted by Gasteiger charge is -2.30. The SMILES string of the molecule is CC(C)(C)OC(=O)NC1CC(c2ccccc2)CNC1=O. The predicted octanol–water partition coefficient (Wildman–Crippen LogP) is 2.18. The van der Waals surface area contributed by atoms with Crippen molar-refractivity contribution in [3.8, 4) is 0 Å². The smallest absolute Gasteiger partial charge is 0.408 e. The Bertz CT molecular complexity index is 508. The molecule has 1 aromatic carbocycles. The molecular weight excluding hydrogens is 268 g/mol. The molecule has 0 radical (unpaired) electrons. The van der Waals surface area contributed by atoms with Crippen molar-refractivity contribution in [1.29, 1.82) is 0 Å². The molecule has 1 aliphatic rings. The van der Waals surface area contributed by atoms with Crippen LogP contribution in [0.1, 0.15) is 38.7 Å². The molecule has 2 rings (SSSR count). The van der Waals surface area contributed by atoms with Crippen molar-refractivity contribution in [1.82, 2.24) is 10.6 Å². The van der Waals surface area contributed by atoms with Gasteiger partial charge in [0.05, 0.1) is 0 Å². The third-order valence-electron chi connectivity index (χ3n) is 3.32. The van der Waals surface area contributed by atoms with Crippen molar-refractivity contribution in [3.05, 3.63) is 35.9 Å². The lowest BCUT2D eigenvalue weighted by Crippen LogP contribution is -2.53. The van der Waals surface area contributed by atoms with Gasteiger partial charge in [0.2, 0.25) is 5.91 Å². The van der Waals surface area contributed by atoms with Gasteiger partial charge in [0.15, 0.2) is 0 Å². The Labute approximate surface area is 125 Å². The van der Waals surface area contributed by atoms with Crippen LogP contribution in [0.4, 0.5) is 4.79 Å². The standard InChI is InChI=1S/C16H22N2O3/c1-16(2,3)21-15(20)18-13-9-12(10-17-14(13)19)11-7-5-4-6-8-11/h4-8,12-13H,9-10H2,1-3H3,(H,17,19)(H,18,20). The molecule has 1 saturated heterocycles. The molecule has 2 atom stereocenters. The van der Waals surface area contributed by atoms with E-state index < -0.39 is 17.7 Å². The van der Waals surface area contributed by atoms with E-state index >= 15 is 0 Å². The van der Waals surface area contributed by atoms with E-state index in [1.807, 2.05) is 30.3 Å². The van der Waals surface area contributed by atoms with Crippen molar-refractivity contribution in [2.24, 2.45) is 0 Å². The van der Waals surface area contributed by atoms with Gasteiger partial charge in [0, 0.05) is 12.5 Å². The Hall–Kier alpha value is -2.04. The summed E-state index contributed by atoms with van der Waals surface area (Å²) < 4.78 is 5.20. The molecule has 114 valence electrons. The summed E-state index contributed by atoms with van der Waals surface area (Å²) in [5.41, 5.74) is 0.585. The molecular formula is C16H22N2O3. The van der Waals surface area contributed by atoms with Gasteiger partial charge in [-0.2, -0.15) is 0 Å². The molecule has 5 nitrogen and oxygen atoms in total. The largest absolute Gasteiger partial charge is 0.444 e. The minimum Gasteiger partial charge on any atom is -0.444 e. The van der Waals surface area contributed by atoms with Crippen molar-refractivity contribution in [2.45, 2.75) is 44.8 Å². The van der Waals surface area contributed by atoms with Gasteiger partial charge in [-0.3, -0.25) is 4.79 Å². The molecule has 0 aromatic heterocycles. The summed E-state index contributed by atoms with van der Waals surface area (Å²) in [6.45, 7) is 5.97. The van der Waals surface area contributed by atoms with Gasteiger partial charge >= 0.3 is 6.09 Å². The first kappa shape index (κ1) is 15.4. The second-order valence-corrected chi connectivity index (χ2v) is 6.29. The predicted molar refractivity (Wildman–Crippen MR) is 80.0 cm³/mol. The van der Waals surface area contributed by atoms with E-state index in [9.17, 15) is 9.59 Å². The Morgan fingerprint density at radius 1 is 1.29 bits per heavy atom. The van der Waals surface area contributed by atoms with Gasteiger partial charge in [-0.1, -0.05) is 30.3 Å². The number of amides is 2. The minimum absolute atomic E-state index is 0.159. The van der Waals surface area contributed by atoms with Crippen LogP contribution in [-0.4, -0.2) is 30.2 Å². The zero-order valence-electron chi connectivity index (χ0n) is 12.7. The maximum absolute atomic E-state index is 11.9. The van der Waals surface area contributed by atoms with Gasteiger partial charge in [-0.25, -0.2) is 4.79 Å². The molecule has 0 saturated carbocycles. The van der Waals surface area contributed by atoms with Crippen LogP contribution in [0.15, 0.2) is 30.3 Å². The van der Waals surface area contributed by atoms with Crippen molar-refractivity contribution < 1.29 is 14.3 Å². The van der Waals surface area contributed by atoms with Crippen LogP contribution in [-0.2, 0) is 9.53 Å². The Kier molecular flexibility index (Phi) is 4.50. The van der Waals surface area contributed by atoms with Crippen molar-refractivity contribution in [2.75, 3.05) is 6.54 Å². The van der Waals surface area contributed by atoms with E-state index in [2.05, 4.69) is 10.6 Å². The minimum atomic E-state index is -0.575. The number of nitrogens with one attached hydrogen (secondary N) is 2. The van der Waals surface area contributed by atoms with E-state index in [4.69, 9.17) is 4.74 Å². The van der Waals surface area contributed by atoms with E-state index in [1.165, 1.54) is 0 Å². The number of alkyl carbamates (subject to hydrolysis) is 1. The lowest BCUT2D eigenvalue weighted by molar-refractivity contribution is -0.124. The highest BCUT2D eigenvalue weighted by Gasteiger charge is 2.31. The molecule has 0 bridgehead atoms. The van der Waals surface area contributed by atoms with Crippen LogP contribution < -0.4 is 10.6 Å². The van der Waals surface area contributed by atoms with Gasteiger partial charge in [-0.15, -0.1) is 0 Å². The van der Waals surface area contributed by atoms with Crippen LogP contribution in [0.5, 0.6) is 0 Å². The van der Waals surface area contributed by atoms with Gasteiger partial charge < -0.3 is 15.4 Å². The van der Waals surface area contributed by atoms with Crippen LogP contribution >= 0.6 is 0 Å². The quantitative estimate of drug-likeness (QED) is 0.877. The maximum Gasteiger partial charge on any atom is 0.408 e. The van der Waals surface area contributed by atoms with Crippen molar-refractivity contribution in [3.63, 3.8) is 0 Å². The molecule has 2 unspecified atom stereocenters. The highest BCUT2D eigenvalue weighted by atomic mass is 16.6. The molecule has 21 heavy (non-hydrogen) atoms. The van der Waals surface area contributed by atoms with Crippen LogP contribution in [0.3, 0.4) is 0 Å². The first-order valence-electron chi connectivity index (χ1n) is 7.17. The molecule has 5 heteroatoms. The summed E-state index contributed by atoms with van der Waals surface area (Å²) in [7, 11) is 0. The van der Waals surface area contributed by atoms with Gasteiger partial charge in [0.25, 0.3) is 0 Å². The highest BCUT2D eigenvalue weighted by Crippen LogP contribution is 2.23. The summed E-state index contributed by atoms with van der Waals surface area (Å²) in [5, 5.41) is 5.49. The average molecular weight is 290 g/mol. The van der Waals surface area contributed by atoms with Gasteiger partial charge in [-0.05, 0) is 32.8 Å². The highest BCUT2D eigenvalue weighted by molar-refractivity contribution is 5.86. The molecule has 0 aliphatic carbocycles. The van der Waals surface area contributed by atoms with Crippen LogP contribution in [0.25, 0.3) is 0 Å². The van der Waals surface area contributed by atoms with E-state index in [1.54, 1.807) is 20.8 Å². The fourth-order valence-electron chi connectivity index (χ4n) is 2.38. The number of carbonyl (C=O) groups excluding carboxylic acids is 2. The van der Waals surface area contributed by atoms with E-state index in [0.717, 1.165) is 5.56 Å². The Morgan fingerprint density at radius 3 is 2.57 bits per heavy atom. The summed E-state index contributed by atoms with van der Waals surface area (Å²) in [6.07, 6.45) is 0.0195. The molecule has 1 aromatic rings. The fourth-order valence-corrected chi connectivity index (χ4v) is 2.38. The molecule has 1 aliphatic heterocycles. The monoisotopic (exact) mass is 290 g/mol. The number of ether oxygens (including phenoxy) is 1. The lowest BCUT2D eigenvalue weighted by atomic mass is 9.89. The van der Waals surface area contributed by atoms with Crippen molar-refractivity contribution >= 4 is 12.0 Å². The third kappa shape index (κ3) is 4.48. The molecule has 2 N–H and O–H groups in total. The molecule has 0 spiro atoms. The first-order valence-corrected chi connectivity index (χ1v) is 7.17. The fraction of sp³-hybridized carbons (Fsp3) is 0.500. The van der Waals surface area contributed by atoms with Gasteiger partial charge in [0.1, 0.15) is 11.6 Å². The van der Waals surface area contributed by atoms with E-state index in [0.29, 0.717) is 13.0 Å².